The van der Waals surface area contributed by atoms with Gasteiger partial charge in [-0.3, -0.25) is 9.59 Å². The number of methoxy groups -OCH3 is 2. The fourth-order valence-corrected chi connectivity index (χ4v) is 3.85. The average molecular weight is 407 g/mol. The second kappa shape index (κ2) is 9.66. The minimum Gasteiger partial charge on any atom is -0.464 e. The summed E-state index contributed by atoms with van der Waals surface area (Å²) in [5, 5.41) is 1.83. The van der Waals surface area contributed by atoms with Crippen LogP contribution in [-0.4, -0.2) is 61.0 Å². The van der Waals surface area contributed by atoms with E-state index in [1.807, 2.05) is 5.38 Å². The number of Topliss-reactive ketones (excluding diaryl/α,β-unsaturated/α-hetero) is 1. The summed E-state index contributed by atoms with van der Waals surface area (Å²) in [4.78, 5) is 43.2. The van der Waals surface area contributed by atoms with Gasteiger partial charge in [-0.15, -0.1) is 11.3 Å². The van der Waals surface area contributed by atoms with Crippen molar-refractivity contribution in [3.05, 3.63) is 44.9 Å². The Morgan fingerprint density at radius 1 is 1.25 bits per heavy atom. The molecule has 0 aromatic carbocycles. The van der Waals surface area contributed by atoms with E-state index in [9.17, 15) is 14.4 Å². The molecule has 0 aliphatic carbocycles. The van der Waals surface area contributed by atoms with Crippen LogP contribution in [0.4, 0.5) is 0 Å². The van der Waals surface area contributed by atoms with Crippen molar-refractivity contribution in [3.8, 4) is 0 Å². The number of nitrogens with zero attached hydrogens (tertiary/aromatic N) is 1. The van der Waals surface area contributed by atoms with Gasteiger partial charge in [0.1, 0.15) is 5.69 Å². The molecule has 1 N–H and O–H groups in total. The van der Waals surface area contributed by atoms with Crippen LogP contribution in [0.5, 0.6) is 0 Å². The molecule has 2 heterocycles. The predicted molar refractivity (Wildman–Crippen MR) is 107 cm³/mol. The van der Waals surface area contributed by atoms with E-state index < -0.39 is 12.0 Å². The predicted octanol–water partition coefficient (Wildman–Crippen LogP) is 3.23. The van der Waals surface area contributed by atoms with Crippen molar-refractivity contribution in [3.63, 3.8) is 0 Å². The van der Waals surface area contributed by atoms with E-state index in [4.69, 9.17) is 9.47 Å². The fourth-order valence-electron chi connectivity index (χ4n) is 3.17. The van der Waals surface area contributed by atoms with E-state index in [0.717, 1.165) is 0 Å². The lowest BCUT2D eigenvalue weighted by molar-refractivity contribution is 0.0591. The maximum Gasteiger partial charge on any atom is 0.354 e. The number of hydrogen-bond acceptors (Lipinski definition) is 6. The van der Waals surface area contributed by atoms with Crippen LogP contribution in [0.2, 0.25) is 0 Å². The fraction of sp³-hybridized carbons (Fsp3) is 0.450. The minimum atomic E-state index is -0.690. The number of rotatable bonds is 9. The summed E-state index contributed by atoms with van der Waals surface area (Å²) in [7, 11) is 2.89. The number of carbonyl (C=O) groups is 3. The molecule has 0 unspecified atom stereocenters. The third-order valence-electron chi connectivity index (χ3n) is 4.66. The lowest BCUT2D eigenvalue weighted by Gasteiger charge is -2.28. The summed E-state index contributed by atoms with van der Waals surface area (Å²) in [6.45, 7) is 6.03. The normalized spacial score (nSPS) is 11.9. The SMILES string of the molecule is COCCCN(C(=O)c1cccs1)[C@H](C)C(=O)c1c(C)[nH]c(C(=O)OC)c1C. The van der Waals surface area contributed by atoms with E-state index in [2.05, 4.69) is 4.98 Å². The van der Waals surface area contributed by atoms with Crippen molar-refractivity contribution >= 4 is 29.0 Å². The third kappa shape index (κ3) is 4.51. The molecule has 1 atom stereocenters. The van der Waals surface area contributed by atoms with Gasteiger partial charge in [0.05, 0.1) is 18.0 Å². The number of ether oxygens (including phenoxy) is 2. The Hall–Kier alpha value is -2.45. The van der Waals surface area contributed by atoms with Crippen molar-refractivity contribution in [2.24, 2.45) is 0 Å². The van der Waals surface area contributed by atoms with Gasteiger partial charge in [-0.25, -0.2) is 4.79 Å². The molecule has 0 aliphatic rings. The summed E-state index contributed by atoms with van der Waals surface area (Å²) in [5.41, 5.74) is 1.78. The minimum absolute atomic E-state index is 0.189. The number of aryl methyl sites for hydroxylation is 1. The molecule has 2 aromatic heterocycles. The Bertz CT molecular complexity index is 841. The van der Waals surface area contributed by atoms with Crippen LogP contribution in [0.15, 0.2) is 17.5 Å². The Morgan fingerprint density at radius 2 is 1.96 bits per heavy atom. The molecule has 0 fully saturated rings. The molecule has 2 aromatic rings. The number of ketones is 1. The molecule has 152 valence electrons. The van der Waals surface area contributed by atoms with Crippen molar-refractivity contribution < 1.29 is 23.9 Å². The van der Waals surface area contributed by atoms with Gasteiger partial charge < -0.3 is 19.4 Å². The highest BCUT2D eigenvalue weighted by Gasteiger charge is 2.31. The van der Waals surface area contributed by atoms with E-state index in [1.54, 1.807) is 44.9 Å². The third-order valence-corrected chi connectivity index (χ3v) is 5.52. The number of carbonyl (C=O) groups excluding carboxylic acids is 3. The molecule has 8 heteroatoms. The molecule has 0 saturated heterocycles. The number of thiophene rings is 1. The summed E-state index contributed by atoms with van der Waals surface area (Å²) in [6, 6.07) is 2.86. The highest BCUT2D eigenvalue weighted by Crippen LogP contribution is 2.23. The van der Waals surface area contributed by atoms with Gasteiger partial charge in [0.15, 0.2) is 5.78 Å². The van der Waals surface area contributed by atoms with E-state index in [1.165, 1.54) is 18.4 Å². The molecule has 0 radical (unpaired) electrons. The van der Waals surface area contributed by atoms with Crippen LogP contribution < -0.4 is 0 Å². The van der Waals surface area contributed by atoms with Crippen LogP contribution in [0, 0.1) is 13.8 Å². The Balaban J connectivity index is 2.34. The lowest BCUT2D eigenvalue weighted by Crippen LogP contribution is -2.44. The molecule has 1 amide bonds. The number of H-pyrrole nitrogens is 1. The molecule has 0 bridgehead atoms. The number of esters is 1. The summed E-state index contributed by atoms with van der Waals surface area (Å²) in [5.74, 6) is -0.936. The van der Waals surface area contributed by atoms with Gasteiger partial charge >= 0.3 is 5.97 Å². The average Bonchev–Trinajstić information content (AvgIpc) is 3.31. The Kier molecular flexibility index (Phi) is 7.53. The van der Waals surface area contributed by atoms with Crippen molar-refractivity contribution in [1.29, 1.82) is 0 Å². The van der Waals surface area contributed by atoms with E-state index in [0.29, 0.717) is 41.3 Å². The van der Waals surface area contributed by atoms with Gasteiger partial charge in [0.25, 0.3) is 5.91 Å². The second-order valence-electron chi connectivity index (χ2n) is 6.48. The standard InChI is InChI=1S/C20H26N2O5S/c1-12-16(13(2)21-17(12)20(25)27-5)18(23)14(3)22(9-7-10-26-4)19(24)15-8-6-11-28-15/h6,8,11,14,21H,7,9-10H2,1-5H3/t14-/m1/s1. The Labute approximate surface area is 168 Å². The van der Waals surface area contributed by atoms with Crippen molar-refractivity contribution in [2.75, 3.05) is 27.4 Å². The van der Waals surface area contributed by atoms with Gasteiger partial charge in [0, 0.05) is 31.5 Å². The zero-order valence-corrected chi connectivity index (χ0v) is 17.6. The van der Waals surface area contributed by atoms with Crippen molar-refractivity contribution in [1.82, 2.24) is 9.88 Å². The van der Waals surface area contributed by atoms with Gasteiger partial charge in [0.2, 0.25) is 0 Å². The molecule has 0 aliphatic heterocycles. The number of aromatic nitrogens is 1. The first-order valence-electron chi connectivity index (χ1n) is 8.98. The smallest absolute Gasteiger partial charge is 0.354 e. The van der Waals surface area contributed by atoms with Gasteiger partial charge in [-0.05, 0) is 44.2 Å². The zero-order valence-electron chi connectivity index (χ0n) is 16.8. The first-order chi connectivity index (χ1) is 13.3. The highest BCUT2D eigenvalue weighted by atomic mass is 32.1. The second-order valence-corrected chi connectivity index (χ2v) is 7.43. The van der Waals surface area contributed by atoms with Crippen LogP contribution >= 0.6 is 11.3 Å². The van der Waals surface area contributed by atoms with Gasteiger partial charge in [-0.2, -0.15) is 0 Å². The number of nitrogens with one attached hydrogen (secondary N) is 1. The maximum absolute atomic E-state index is 13.3. The van der Waals surface area contributed by atoms with Gasteiger partial charge in [-0.1, -0.05) is 6.07 Å². The molecule has 2 rings (SSSR count). The first-order valence-corrected chi connectivity index (χ1v) is 9.86. The topological polar surface area (TPSA) is 88.7 Å². The van der Waals surface area contributed by atoms with Crippen LogP contribution in [0.25, 0.3) is 0 Å². The lowest BCUT2D eigenvalue weighted by atomic mass is 9.99. The summed E-state index contributed by atoms with van der Waals surface area (Å²) < 4.78 is 9.86. The Morgan fingerprint density at radius 3 is 2.54 bits per heavy atom. The summed E-state index contributed by atoms with van der Waals surface area (Å²) in [6.07, 6.45) is 0.615. The molecular formula is C20H26N2O5S. The molecule has 0 saturated carbocycles. The van der Waals surface area contributed by atoms with Crippen LogP contribution in [0.3, 0.4) is 0 Å². The van der Waals surface area contributed by atoms with E-state index >= 15 is 0 Å². The largest absolute Gasteiger partial charge is 0.464 e. The molecule has 0 spiro atoms. The summed E-state index contributed by atoms with van der Waals surface area (Å²) >= 11 is 1.34. The van der Waals surface area contributed by atoms with Crippen molar-refractivity contribution in [2.45, 2.75) is 33.2 Å². The maximum atomic E-state index is 13.3. The number of aromatic amines is 1. The quantitative estimate of drug-likeness (QED) is 0.392. The van der Waals surface area contributed by atoms with E-state index in [-0.39, 0.29) is 17.4 Å². The number of amides is 1. The monoisotopic (exact) mass is 406 g/mol. The van der Waals surface area contributed by atoms with Crippen LogP contribution in [-0.2, 0) is 9.47 Å². The molecular weight excluding hydrogens is 380 g/mol. The van der Waals surface area contributed by atoms with Crippen LogP contribution in [0.1, 0.15) is 55.1 Å². The zero-order chi connectivity index (χ0) is 20.8. The molecule has 7 nitrogen and oxygen atoms in total. The first kappa shape index (κ1) is 21.8. The highest BCUT2D eigenvalue weighted by molar-refractivity contribution is 7.12. The number of hydrogen-bond donors (Lipinski definition) is 1. The molecule has 28 heavy (non-hydrogen) atoms.